The predicted octanol–water partition coefficient (Wildman–Crippen LogP) is 7.22. The van der Waals surface area contributed by atoms with Crippen LogP contribution in [0.5, 0.6) is 0 Å². The summed E-state index contributed by atoms with van der Waals surface area (Å²) in [6.07, 6.45) is 6.62. The van der Waals surface area contributed by atoms with E-state index in [1.807, 2.05) is 13.0 Å². The fourth-order valence-corrected chi connectivity index (χ4v) is 4.49. The number of para-hydroxylation sites is 1. The van der Waals surface area contributed by atoms with Crippen LogP contribution in [-0.4, -0.2) is 33.1 Å². The zero-order chi connectivity index (χ0) is 25.1. The second-order valence-corrected chi connectivity index (χ2v) is 11.2. The van der Waals surface area contributed by atoms with Gasteiger partial charge in [-0.1, -0.05) is 54.8 Å². The van der Waals surface area contributed by atoms with E-state index in [9.17, 15) is 14.4 Å². The monoisotopic (exact) mass is 499 g/mol. The predicted molar refractivity (Wildman–Crippen MR) is 137 cm³/mol. The molecule has 1 rings (SSSR count). The molecule has 0 bridgehead atoms. The Hall–Kier alpha value is -1.43. The SMILES string of the molecule is CCCCCCCC(CCC(C)Cl)[N+](Cl)(C(=O)CC(=O)Nc1ccccc1)C(=O)C(C)(C)C. The number of amides is 3. The van der Waals surface area contributed by atoms with Crippen LogP contribution in [-0.2, 0) is 14.4 Å². The van der Waals surface area contributed by atoms with Gasteiger partial charge in [-0.25, -0.2) is 9.59 Å². The Morgan fingerprint density at radius 1 is 0.970 bits per heavy atom. The van der Waals surface area contributed by atoms with E-state index in [0.717, 1.165) is 32.1 Å². The number of rotatable bonds is 13. The fourth-order valence-electron chi connectivity index (χ4n) is 3.86. The van der Waals surface area contributed by atoms with Crippen LogP contribution < -0.4 is 5.32 Å². The first-order valence-electron chi connectivity index (χ1n) is 12.1. The number of quaternary nitrogens is 1. The van der Waals surface area contributed by atoms with E-state index in [0.29, 0.717) is 24.9 Å². The topological polar surface area (TPSA) is 63.2 Å². The maximum absolute atomic E-state index is 13.5. The van der Waals surface area contributed by atoms with Crippen LogP contribution in [0, 0.1) is 5.41 Å². The lowest BCUT2D eigenvalue weighted by Crippen LogP contribution is -2.60. The van der Waals surface area contributed by atoms with Crippen LogP contribution in [0.2, 0.25) is 0 Å². The highest BCUT2D eigenvalue weighted by molar-refractivity contribution is 6.21. The summed E-state index contributed by atoms with van der Waals surface area (Å²) in [7, 11) is 0. The Bertz CT molecular complexity index is 763. The summed E-state index contributed by atoms with van der Waals surface area (Å²) in [5, 5.41) is 2.62. The molecule has 0 aliphatic heterocycles. The number of benzene rings is 1. The number of halogens is 2. The van der Waals surface area contributed by atoms with Crippen molar-refractivity contribution in [2.24, 2.45) is 5.41 Å². The van der Waals surface area contributed by atoms with Crippen molar-refractivity contribution in [1.29, 1.82) is 0 Å². The van der Waals surface area contributed by atoms with E-state index in [1.54, 1.807) is 45.0 Å². The Balaban J connectivity index is 3.14. The van der Waals surface area contributed by atoms with Gasteiger partial charge in [0.2, 0.25) is 5.91 Å². The van der Waals surface area contributed by atoms with Gasteiger partial charge in [-0.2, -0.15) is 0 Å². The van der Waals surface area contributed by atoms with Crippen molar-refractivity contribution < 1.29 is 18.4 Å². The van der Waals surface area contributed by atoms with Crippen LogP contribution in [0.25, 0.3) is 0 Å². The number of anilines is 1. The summed E-state index contributed by atoms with van der Waals surface area (Å²) in [4.78, 5) is 39.7. The molecule has 3 atom stereocenters. The largest absolute Gasteiger partial charge is 0.348 e. The van der Waals surface area contributed by atoms with Gasteiger partial charge in [0.1, 0.15) is 12.5 Å². The van der Waals surface area contributed by atoms with Crippen molar-refractivity contribution in [3.05, 3.63) is 30.3 Å². The summed E-state index contributed by atoms with van der Waals surface area (Å²) in [6.45, 7) is 9.32. The van der Waals surface area contributed by atoms with Gasteiger partial charge >= 0.3 is 11.8 Å². The van der Waals surface area contributed by atoms with Gasteiger partial charge in [0, 0.05) is 23.9 Å². The second kappa shape index (κ2) is 14.1. The van der Waals surface area contributed by atoms with Gasteiger partial charge in [0.15, 0.2) is 11.8 Å². The van der Waals surface area contributed by atoms with Crippen LogP contribution in [0.3, 0.4) is 0 Å². The first-order valence-corrected chi connectivity index (χ1v) is 12.9. The van der Waals surface area contributed by atoms with Crippen molar-refractivity contribution in [2.45, 2.75) is 104 Å². The number of carbonyl (C=O) groups excluding carboxylic acids is 3. The Morgan fingerprint density at radius 3 is 2.12 bits per heavy atom. The Labute approximate surface area is 209 Å². The van der Waals surface area contributed by atoms with E-state index in [-0.39, 0.29) is 11.3 Å². The summed E-state index contributed by atoms with van der Waals surface area (Å²) in [5.74, 6) is -1.46. The summed E-state index contributed by atoms with van der Waals surface area (Å²) in [6, 6.07) is 8.48. The quantitative estimate of drug-likeness (QED) is 0.135. The number of carbonyl (C=O) groups is 3. The molecule has 7 heteroatoms. The molecule has 0 aliphatic rings. The molecule has 3 unspecified atom stereocenters. The number of alkyl halides is 1. The second-order valence-electron chi connectivity index (χ2n) is 9.89. The fraction of sp³-hybridized carbons (Fsp3) is 0.654. The molecule has 186 valence electrons. The molecule has 0 aliphatic carbocycles. The van der Waals surface area contributed by atoms with Crippen molar-refractivity contribution in [1.82, 2.24) is 0 Å². The lowest BCUT2D eigenvalue weighted by Gasteiger charge is -2.36. The van der Waals surface area contributed by atoms with Crippen LogP contribution in [0.4, 0.5) is 5.69 Å². The average Bonchev–Trinajstić information content (AvgIpc) is 2.74. The number of hydrogen-bond donors (Lipinski definition) is 1. The molecule has 33 heavy (non-hydrogen) atoms. The van der Waals surface area contributed by atoms with E-state index in [1.165, 1.54) is 0 Å². The molecular weight excluding hydrogens is 459 g/mol. The maximum Gasteiger partial charge on any atom is 0.348 e. The van der Waals surface area contributed by atoms with Crippen LogP contribution >= 0.6 is 23.4 Å². The third kappa shape index (κ3) is 9.76. The van der Waals surface area contributed by atoms with Gasteiger partial charge < -0.3 is 5.32 Å². The zero-order valence-corrected chi connectivity index (χ0v) is 22.3. The molecule has 0 saturated carbocycles. The van der Waals surface area contributed by atoms with Gasteiger partial charge in [0.05, 0.1) is 5.41 Å². The highest BCUT2D eigenvalue weighted by Crippen LogP contribution is 2.35. The van der Waals surface area contributed by atoms with Gasteiger partial charge in [-0.05, 0) is 52.7 Å². The van der Waals surface area contributed by atoms with Crippen LogP contribution in [0.1, 0.15) is 92.4 Å². The Kier molecular flexibility index (Phi) is 12.6. The molecule has 0 saturated heterocycles. The minimum atomic E-state index is -0.886. The number of nitrogens with zero attached hydrogens (tertiary/aromatic N) is 1. The maximum atomic E-state index is 13.5. The third-order valence-corrected chi connectivity index (χ3v) is 6.55. The van der Waals surface area contributed by atoms with Gasteiger partial charge in [-0.3, -0.25) is 4.79 Å². The van der Waals surface area contributed by atoms with Gasteiger partial charge in [0.25, 0.3) is 0 Å². The van der Waals surface area contributed by atoms with Crippen molar-refractivity contribution >= 4 is 46.8 Å². The molecule has 1 N–H and O–H groups in total. The standard InChI is InChI=1S/C26H40Cl2N2O3/c1-6-7-8-9-13-16-22(18-17-20(2)27)30(28,25(33)26(3,4)5)24(32)19-23(31)29-21-14-11-10-12-15-21/h10-12,14-15,20,22H,6-9,13,16-19H2,1-5H3/p+1. The van der Waals surface area contributed by atoms with E-state index >= 15 is 0 Å². The smallest absolute Gasteiger partial charge is 0.326 e. The number of unbranched alkanes of at least 4 members (excludes halogenated alkanes) is 4. The zero-order valence-electron chi connectivity index (χ0n) is 20.8. The highest BCUT2D eigenvalue weighted by atomic mass is 35.5. The molecule has 0 fully saturated rings. The lowest BCUT2D eigenvalue weighted by molar-refractivity contribution is -0.694. The van der Waals surface area contributed by atoms with Crippen LogP contribution in [0.15, 0.2) is 30.3 Å². The summed E-state index contributed by atoms with van der Waals surface area (Å²) >= 11 is 13.2. The average molecular weight is 501 g/mol. The van der Waals surface area contributed by atoms with Gasteiger partial charge in [-0.15, -0.1) is 11.6 Å². The van der Waals surface area contributed by atoms with Crippen molar-refractivity contribution in [2.75, 3.05) is 5.32 Å². The minimum absolute atomic E-state index is 0.0982. The minimum Gasteiger partial charge on any atom is -0.326 e. The van der Waals surface area contributed by atoms with E-state index in [4.69, 9.17) is 23.4 Å². The molecule has 5 nitrogen and oxygen atoms in total. The third-order valence-electron chi connectivity index (χ3n) is 5.71. The molecule has 0 spiro atoms. The molecular formula is C26H41Cl2N2O3+. The first kappa shape index (κ1) is 29.6. The molecule has 0 heterocycles. The van der Waals surface area contributed by atoms with E-state index < -0.39 is 33.7 Å². The summed E-state index contributed by atoms with van der Waals surface area (Å²) < 4.78 is -0.886. The molecule has 1 aromatic rings. The molecule has 1 aromatic carbocycles. The van der Waals surface area contributed by atoms with Crippen molar-refractivity contribution in [3.8, 4) is 0 Å². The van der Waals surface area contributed by atoms with E-state index in [2.05, 4.69) is 12.2 Å². The molecule has 0 aromatic heterocycles. The summed E-state index contributed by atoms with van der Waals surface area (Å²) in [5.41, 5.74) is -0.256. The number of nitrogens with one attached hydrogen (secondary N) is 1. The normalized spacial score (nSPS) is 15.4. The van der Waals surface area contributed by atoms with Crippen molar-refractivity contribution in [3.63, 3.8) is 0 Å². The first-order chi connectivity index (χ1) is 15.4. The highest BCUT2D eigenvalue weighted by Gasteiger charge is 2.54. The lowest BCUT2D eigenvalue weighted by atomic mass is 9.91. The number of imide groups is 1. The number of hydrogen-bond acceptors (Lipinski definition) is 3. The molecule has 0 radical (unpaired) electrons. The molecule has 3 amide bonds. The Morgan fingerprint density at radius 2 is 1.58 bits per heavy atom.